The molecule has 2 heterocycles. The molecule has 0 aliphatic carbocycles. The maximum Gasteiger partial charge on any atom is 0.255 e. The van der Waals surface area contributed by atoms with Gasteiger partial charge in [-0.25, -0.2) is 4.98 Å². The predicted octanol–water partition coefficient (Wildman–Crippen LogP) is 4.56. The summed E-state index contributed by atoms with van der Waals surface area (Å²) in [5.41, 5.74) is 10.8. The van der Waals surface area contributed by atoms with Crippen LogP contribution in [0.15, 0.2) is 78.0 Å². The van der Waals surface area contributed by atoms with Gasteiger partial charge in [-0.1, -0.05) is 54.2 Å². The van der Waals surface area contributed by atoms with E-state index in [-0.39, 0.29) is 17.9 Å². The van der Waals surface area contributed by atoms with E-state index in [9.17, 15) is 9.59 Å². The average molecular weight is 486 g/mol. The highest BCUT2D eigenvalue weighted by Crippen LogP contribution is 2.26. The summed E-state index contributed by atoms with van der Waals surface area (Å²) in [6.45, 7) is 1.47. The van der Waals surface area contributed by atoms with Crippen molar-refractivity contribution in [2.45, 2.75) is 36.3 Å². The molecule has 4 aromatic rings. The van der Waals surface area contributed by atoms with Crippen molar-refractivity contribution >= 4 is 40.3 Å². The van der Waals surface area contributed by atoms with Crippen LogP contribution in [0, 0.1) is 0 Å². The number of carbonyl (C=O) groups excluding carboxylic acids is 2. The number of likely N-dealkylation sites (tertiary alicyclic amines) is 1. The summed E-state index contributed by atoms with van der Waals surface area (Å²) in [5.74, 6) is 0.190. The number of para-hydroxylation sites is 2. The fourth-order valence-electron chi connectivity index (χ4n) is 4.53. The Morgan fingerprint density at radius 1 is 1.09 bits per heavy atom. The van der Waals surface area contributed by atoms with Gasteiger partial charge in [-0.2, -0.15) is 0 Å². The number of hydrogen-bond donors (Lipinski definition) is 3. The number of imidazole rings is 1. The summed E-state index contributed by atoms with van der Waals surface area (Å²) < 4.78 is 0. The van der Waals surface area contributed by atoms with Gasteiger partial charge in [-0.15, -0.1) is 0 Å². The van der Waals surface area contributed by atoms with Crippen molar-refractivity contribution in [1.82, 2.24) is 14.9 Å². The van der Waals surface area contributed by atoms with Crippen LogP contribution in [-0.2, 0) is 17.1 Å². The molecule has 0 radical (unpaired) electrons. The van der Waals surface area contributed by atoms with Crippen molar-refractivity contribution in [3.63, 3.8) is 0 Å². The molecule has 0 spiro atoms. The number of thioether (sulfide) groups is 1. The molecule has 7 nitrogen and oxygen atoms in total. The van der Waals surface area contributed by atoms with Gasteiger partial charge in [0.15, 0.2) is 5.16 Å². The summed E-state index contributed by atoms with van der Waals surface area (Å²) >= 11 is 1.57. The molecule has 3 aromatic carbocycles. The quantitative estimate of drug-likeness (QED) is 0.318. The lowest BCUT2D eigenvalue weighted by Crippen LogP contribution is -2.39. The summed E-state index contributed by atoms with van der Waals surface area (Å²) in [5, 5.41) is 3.86. The second-order valence-corrected chi connectivity index (χ2v) is 9.65. The number of H-pyrrole nitrogens is 1. The molecule has 1 saturated heterocycles. The van der Waals surface area contributed by atoms with Gasteiger partial charge in [-0.3, -0.25) is 14.5 Å². The molecule has 0 bridgehead atoms. The van der Waals surface area contributed by atoms with E-state index in [1.165, 1.54) is 0 Å². The number of rotatable bonds is 8. The van der Waals surface area contributed by atoms with Gasteiger partial charge in [0.2, 0.25) is 5.91 Å². The van der Waals surface area contributed by atoms with Crippen molar-refractivity contribution in [1.29, 1.82) is 0 Å². The van der Waals surface area contributed by atoms with Crippen LogP contribution >= 0.6 is 11.8 Å². The molecular formula is C27H27N5O2S. The van der Waals surface area contributed by atoms with Gasteiger partial charge in [0.1, 0.15) is 0 Å². The normalized spacial score (nSPS) is 15.9. The Balaban J connectivity index is 1.26. The Bertz CT molecular complexity index is 1340. The highest BCUT2D eigenvalue weighted by atomic mass is 32.2. The third-order valence-corrected chi connectivity index (χ3v) is 7.18. The zero-order valence-electron chi connectivity index (χ0n) is 19.2. The lowest BCUT2D eigenvalue weighted by molar-refractivity contribution is -0.122. The van der Waals surface area contributed by atoms with E-state index in [0.29, 0.717) is 17.9 Å². The fraction of sp³-hybridized carbons (Fsp3) is 0.222. The SMILES string of the molecule is NC(=O)C1CCCN1Cc1cccc(NC(=O)c2ccccc2CSc2nc3ccccc3[nH]2)c1. The van der Waals surface area contributed by atoms with E-state index >= 15 is 0 Å². The molecule has 2 amide bonds. The van der Waals surface area contributed by atoms with E-state index in [2.05, 4.69) is 20.2 Å². The molecule has 8 heteroatoms. The van der Waals surface area contributed by atoms with E-state index < -0.39 is 0 Å². The number of benzene rings is 3. The molecule has 178 valence electrons. The number of aromatic amines is 1. The first-order chi connectivity index (χ1) is 17.1. The van der Waals surface area contributed by atoms with Crippen molar-refractivity contribution < 1.29 is 9.59 Å². The summed E-state index contributed by atoms with van der Waals surface area (Å²) in [7, 11) is 0. The van der Waals surface area contributed by atoms with Crippen LogP contribution in [0.25, 0.3) is 11.0 Å². The Labute approximate surface area is 208 Å². The standard InChI is InChI=1S/C27H27N5O2S/c28-25(33)24-13-6-14-32(24)16-18-7-5-9-20(15-18)29-26(34)21-10-2-1-8-19(21)17-35-27-30-22-11-3-4-12-23(22)31-27/h1-5,7-12,15,24H,6,13-14,16-17H2,(H2,28,33)(H,29,34)(H,30,31). The van der Waals surface area contributed by atoms with Crippen LogP contribution in [0.3, 0.4) is 0 Å². The Hall–Kier alpha value is -3.62. The van der Waals surface area contributed by atoms with Gasteiger partial charge < -0.3 is 16.0 Å². The number of primary amides is 1. The molecule has 5 rings (SSSR count). The average Bonchev–Trinajstić information content (AvgIpc) is 3.50. The third-order valence-electron chi connectivity index (χ3n) is 6.26. The van der Waals surface area contributed by atoms with Gasteiger partial charge in [0.25, 0.3) is 5.91 Å². The molecule has 1 aliphatic heterocycles. The van der Waals surface area contributed by atoms with E-state index in [1.54, 1.807) is 11.8 Å². The van der Waals surface area contributed by atoms with Crippen LogP contribution in [0.5, 0.6) is 0 Å². The van der Waals surface area contributed by atoms with Crippen molar-refractivity contribution in [3.05, 3.63) is 89.5 Å². The summed E-state index contributed by atoms with van der Waals surface area (Å²) in [6, 6.07) is 23.1. The maximum atomic E-state index is 13.2. The van der Waals surface area contributed by atoms with E-state index in [1.807, 2.05) is 72.8 Å². The smallest absolute Gasteiger partial charge is 0.255 e. The van der Waals surface area contributed by atoms with Crippen molar-refractivity contribution in [2.24, 2.45) is 5.73 Å². The second-order valence-electron chi connectivity index (χ2n) is 8.69. The Morgan fingerprint density at radius 2 is 1.91 bits per heavy atom. The maximum absolute atomic E-state index is 13.2. The first kappa shape index (κ1) is 23.1. The number of anilines is 1. The highest BCUT2D eigenvalue weighted by Gasteiger charge is 2.28. The topological polar surface area (TPSA) is 104 Å². The monoisotopic (exact) mass is 485 g/mol. The Kier molecular flexibility index (Phi) is 6.83. The Morgan fingerprint density at radius 3 is 2.77 bits per heavy atom. The molecule has 1 aliphatic rings. The lowest BCUT2D eigenvalue weighted by Gasteiger charge is -2.22. The molecular weight excluding hydrogens is 458 g/mol. The molecule has 1 atom stereocenters. The number of nitrogens with one attached hydrogen (secondary N) is 2. The molecule has 1 unspecified atom stereocenters. The summed E-state index contributed by atoms with van der Waals surface area (Å²) in [4.78, 5) is 34.9. The van der Waals surface area contributed by atoms with Crippen molar-refractivity contribution in [3.8, 4) is 0 Å². The number of hydrogen-bond acceptors (Lipinski definition) is 5. The third kappa shape index (κ3) is 5.39. The number of nitrogens with two attached hydrogens (primary N) is 1. The number of fused-ring (bicyclic) bond motifs is 1. The minimum Gasteiger partial charge on any atom is -0.368 e. The largest absolute Gasteiger partial charge is 0.368 e. The number of carbonyl (C=O) groups is 2. The van der Waals surface area contributed by atoms with Crippen LogP contribution in [-0.4, -0.2) is 39.3 Å². The van der Waals surface area contributed by atoms with Gasteiger partial charge in [0, 0.05) is 23.5 Å². The molecule has 1 aromatic heterocycles. The zero-order chi connectivity index (χ0) is 24.2. The van der Waals surface area contributed by atoms with Crippen LogP contribution in [0.1, 0.15) is 34.3 Å². The number of aromatic nitrogens is 2. The van der Waals surface area contributed by atoms with Crippen LogP contribution < -0.4 is 11.1 Å². The van der Waals surface area contributed by atoms with Gasteiger partial charge in [0.05, 0.1) is 17.1 Å². The predicted molar refractivity (Wildman–Crippen MR) is 139 cm³/mol. The van der Waals surface area contributed by atoms with E-state index in [4.69, 9.17) is 5.73 Å². The van der Waals surface area contributed by atoms with Crippen LogP contribution in [0.2, 0.25) is 0 Å². The van der Waals surface area contributed by atoms with E-state index in [0.717, 1.165) is 52.4 Å². The minimum absolute atomic E-state index is 0.154. The van der Waals surface area contributed by atoms with Gasteiger partial charge in [-0.05, 0) is 60.8 Å². The first-order valence-electron chi connectivity index (χ1n) is 11.7. The minimum atomic E-state index is -0.274. The molecule has 1 fully saturated rings. The van der Waals surface area contributed by atoms with Crippen molar-refractivity contribution in [2.75, 3.05) is 11.9 Å². The van der Waals surface area contributed by atoms with Crippen LogP contribution in [0.4, 0.5) is 5.69 Å². The molecule has 4 N–H and O–H groups in total. The zero-order valence-corrected chi connectivity index (χ0v) is 20.1. The number of amides is 2. The second kappa shape index (κ2) is 10.3. The molecule has 0 saturated carbocycles. The first-order valence-corrected chi connectivity index (χ1v) is 12.6. The van der Waals surface area contributed by atoms with Gasteiger partial charge >= 0.3 is 0 Å². The fourth-order valence-corrected chi connectivity index (χ4v) is 5.42. The molecule has 35 heavy (non-hydrogen) atoms. The highest BCUT2D eigenvalue weighted by molar-refractivity contribution is 7.98. The lowest BCUT2D eigenvalue weighted by atomic mass is 10.1. The summed E-state index contributed by atoms with van der Waals surface area (Å²) in [6.07, 6.45) is 1.77. The number of nitrogens with zero attached hydrogens (tertiary/aromatic N) is 2.